The van der Waals surface area contributed by atoms with Crippen LogP contribution in [0.3, 0.4) is 0 Å². The number of aliphatic hydroxyl groups excluding tert-OH is 2. The van der Waals surface area contributed by atoms with Gasteiger partial charge in [-0.3, -0.25) is 14.4 Å². The number of likely N-dealkylation sites (tertiary alicyclic amines) is 1. The van der Waals surface area contributed by atoms with E-state index >= 15 is 0 Å². The fourth-order valence-corrected chi connectivity index (χ4v) is 12.0. The number of benzene rings is 2. The lowest BCUT2D eigenvalue weighted by Crippen LogP contribution is -2.55. The predicted molar refractivity (Wildman–Crippen MR) is 263 cm³/mol. The van der Waals surface area contributed by atoms with Gasteiger partial charge in [0, 0.05) is 32.7 Å². The van der Waals surface area contributed by atoms with Crippen molar-refractivity contribution in [2.75, 3.05) is 66.0 Å². The first-order valence-corrected chi connectivity index (χ1v) is 26.0. The highest BCUT2D eigenvalue weighted by molar-refractivity contribution is 7.13. The van der Waals surface area contributed by atoms with Crippen molar-refractivity contribution in [1.82, 2.24) is 20.5 Å². The van der Waals surface area contributed by atoms with Gasteiger partial charge in [-0.15, -0.1) is 11.3 Å². The van der Waals surface area contributed by atoms with Crippen LogP contribution in [0.15, 0.2) is 48.0 Å². The van der Waals surface area contributed by atoms with Crippen molar-refractivity contribution in [2.24, 2.45) is 29.1 Å². The molecular weight excluding hydrogens is 885 g/mol. The van der Waals surface area contributed by atoms with Crippen molar-refractivity contribution in [3.05, 3.63) is 70.4 Å². The van der Waals surface area contributed by atoms with Crippen molar-refractivity contribution in [3.8, 4) is 16.2 Å². The van der Waals surface area contributed by atoms with Crippen molar-refractivity contribution in [3.63, 3.8) is 0 Å². The fraction of sp³-hybridized carbons (Fsp3) is 0.660. The van der Waals surface area contributed by atoms with Crippen LogP contribution in [0.4, 0.5) is 0 Å². The second kappa shape index (κ2) is 26.3. The molecule has 68 heavy (non-hydrogen) atoms. The molecule has 1 aliphatic heterocycles. The van der Waals surface area contributed by atoms with Crippen molar-refractivity contribution in [2.45, 2.75) is 129 Å². The molecule has 0 spiro atoms. The summed E-state index contributed by atoms with van der Waals surface area (Å²) in [5, 5.41) is 36.5. The van der Waals surface area contributed by atoms with E-state index < -0.39 is 30.0 Å². The molecule has 0 unspecified atom stereocenters. The Labute approximate surface area is 407 Å². The summed E-state index contributed by atoms with van der Waals surface area (Å²) in [7, 11) is 0. The third kappa shape index (κ3) is 14.3. The maximum absolute atomic E-state index is 13.8. The van der Waals surface area contributed by atoms with E-state index in [1.54, 1.807) is 11.3 Å². The van der Waals surface area contributed by atoms with Crippen LogP contribution in [0.5, 0.6) is 5.75 Å². The number of aromatic hydroxyl groups is 1. The first-order chi connectivity index (χ1) is 32.8. The van der Waals surface area contributed by atoms with Gasteiger partial charge in [0.1, 0.15) is 24.4 Å². The lowest BCUT2D eigenvalue weighted by Gasteiger charge is -2.55. The minimum absolute atomic E-state index is 0.00262. The number of hydrogen-bond donors (Lipinski definition) is 5. The molecule has 8 atom stereocenters. The summed E-state index contributed by atoms with van der Waals surface area (Å²) in [5.41, 5.74) is 7.65. The third-order valence-corrected chi connectivity index (χ3v) is 15.7. The normalized spacial score (nSPS) is 23.9. The Kier molecular flexibility index (Phi) is 20.7. The van der Waals surface area contributed by atoms with Gasteiger partial charge >= 0.3 is 0 Å². The van der Waals surface area contributed by atoms with E-state index in [4.69, 9.17) is 18.9 Å². The molecule has 2 heterocycles. The molecule has 6 rings (SSSR count). The molecule has 5 N–H and O–H groups in total. The zero-order chi connectivity index (χ0) is 48.6. The van der Waals surface area contributed by atoms with Gasteiger partial charge in [0.2, 0.25) is 17.7 Å². The highest BCUT2D eigenvalue weighted by atomic mass is 32.1. The Morgan fingerprint density at radius 3 is 2.32 bits per heavy atom. The van der Waals surface area contributed by atoms with Crippen molar-refractivity contribution < 1.29 is 48.7 Å². The number of nitrogens with zero attached hydrogens (tertiary/aromatic N) is 2. The second-order valence-corrected chi connectivity index (χ2v) is 20.7. The largest absolute Gasteiger partial charge is 0.508 e. The molecule has 14 nitrogen and oxygen atoms in total. The Morgan fingerprint density at radius 1 is 0.956 bits per heavy atom. The second-order valence-electron chi connectivity index (χ2n) is 19.8. The summed E-state index contributed by atoms with van der Waals surface area (Å²) in [6, 6.07) is 12.1. The molecule has 0 radical (unpaired) electrons. The number of nitrogens with one attached hydrogen (secondary N) is 2. The Balaban J connectivity index is 0.813. The number of amides is 3. The number of aromatic nitrogens is 1. The van der Waals surface area contributed by atoms with Crippen LogP contribution in [0.25, 0.3) is 10.4 Å². The predicted octanol–water partition coefficient (Wildman–Crippen LogP) is 6.95. The smallest absolute Gasteiger partial charge is 0.246 e. The average Bonchev–Trinajstić information content (AvgIpc) is 3.94. The topological polar surface area (TPSA) is 189 Å². The zero-order valence-electron chi connectivity index (χ0n) is 41.1. The van der Waals surface area contributed by atoms with Gasteiger partial charge in [0.25, 0.3) is 0 Å². The number of aryl methyl sites for hydroxylation is 1. The average molecular weight is 963 g/mol. The molecule has 3 amide bonds. The number of thiazole rings is 1. The number of phenolic OH excluding ortho intramolecular Hbond substituents is 1. The number of ether oxygens (including phenoxy) is 4. The number of phenols is 1. The number of rotatable bonds is 27. The summed E-state index contributed by atoms with van der Waals surface area (Å²) in [4.78, 5) is 46.8. The number of unbranched alkanes of at least 4 members (excludes halogenated alkanes) is 1. The number of fused-ring (bicyclic) bond motifs is 3. The first-order valence-electron chi connectivity index (χ1n) is 25.1. The molecule has 2 aromatic carbocycles. The van der Waals surface area contributed by atoms with E-state index in [0.717, 1.165) is 73.1 Å². The molecular formula is C53H78N4O10S. The summed E-state index contributed by atoms with van der Waals surface area (Å²) in [5.74, 6) is 1.08. The number of carbonyl (C=O) groups is 3. The maximum atomic E-state index is 13.8. The minimum atomic E-state index is -0.901. The summed E-state index contributed by atoms with van der Waals surface area (Å²) >= 11 is 1.58. The van der Waals surface area contributed by atoms with E-state index in [9.17, 15) is 29.7 Å². The summed E-state index contributed by atoms with van der Waals surface area (Å²) < 4.78 is 22.8. The number of β-amino-alcohol motifs (C(OH)–C–C–N with tert-alkyl or cyclic N) is 1. The van der Waals surface area contributed by atoms with E-state index in [1.165, 1.54) is 22.4 Å². The van der Waals surface area contributed by atoms with E-state index in [-0.39, 0.29) is 63.2 Å². The van der Waals surface area contributed by atoms with Crippen LogP contribution in [0.1, 0.15) is 114 Å². The van der Waals surface area contributed by atoms with Crippen LogP contribution in [-0.4, -0.2) is 127 Å². The molecule has 2 aliphatic carbocycles. The lowest BCUT2D eigenvalue weighted by molar-refractivity contribution is -0.143. The molecule has 376 valence electrons. The fourth-order valence-electron chi connectivity index (χ4n) is 11.2. The monoisotopic (exact) mass is 963 g/mol. The van der Waals surface area contributed by atoms with E-state index in [0.29, 0.717) is 62.5 Å². The molecule has 1 saturated carbocycles. The van der Waals surface area contributed by atoms with Crippen molar-refractivity contribution in [1.29, 1.82) is 0 Å². The van der Waals surface area contributed by atoms with Gasteiger partial charge in [-0.1, -0.05) is 70.9 Å². The van der Waals surface area contributed by atoms with Crippen LogP contribution in [0, 0.1) is 36.0 Å². The summed E-state index contributed by atoms with van der Waals surface area (Å²) in [6.07, 6.45) is 8.96. The third-order valence-electron chi connectivity index (χ3n) is 14.7. The van der Waals surface area contributed by atoms with Gasteiger partial charge in [-0.2, -0.15) is 0 Å². The molecule has 2 fully saturated rings. The highest BCUT2D eigenvalue weighted by Gasteiger charge is 2.50. The molecule has 3 aromatic rings. The lowest BCUT2D eigenvalue weighted by atomic mass is 9.50. The molecule has 1 saturated heterocycles. The maximum Gasteiger partial charge on any atom is 0.246 e. The SMILES string of the molecule is CCC[C@H]1[C@@H]2[C@H](CCCCOCCOCCOCCOCC(=O)N[C@H](C(=O)N3C[C@H](O)C[C@H]3C(=O)NCc3ccc(-c4scnc4C)cc3)C(C)C)Cc3cc(O)ccc3[C@H]2CC[C@]1(C)CCO. The summed E-state index contributed by atoms with van der Waals surface area (Å²) in [6.45, 7) is 13.5. The molecule has 0 bridgehead atoms. The molecule has 15 heteroatoms. The first kappa shape index (κ1) is 53.4. The van der Waals surface area contributed by atoms with Crippen LogP contribution < -0.4 is 10.6 Å². The number of carbonyl (C=O) groups excluding carboxylic acids is 3. The van der Waals surface area contributed by atoms with Gasteiger partial charge in [-0.25, -0.2) is 4.98 Å². The van der Waals surface area contributed by atoms with Gasteiger partial charge in [0.15, 0.2) is 0 Å². The Hall–Kier alpha value is -3.96. The molecule has 3 aliphatic rings. The molecule has 1 aromatic heterocycles. The van der Waals surface area contributed by atoms with E-state index in [1.807, 2.05) is 62.7 Å². The van der Waals surface area contributed by atoms with Gasteiger partial charge in [0.05, 0.1) is 61.8 Å². The Bertz CT molecular complexity index is 2050. The van der Waals surface area contributed by atoms with Gasteiger partial charge < -0.3 is 49.8 Å². The quantitative estimate of drug-likeness (QED) is 0.0498. The minimum Gasteiger partial charge on any atom is -0.508 e. The number of aliphatic hydroxyl groups is 2. The van der Waals surface area contributed by atoms with E-state index in [2.05, 4.69) is 35.5 Å². The highest BCUT2D eigenvalue weighted by Crippen LogP contribution is 2.59. The van der Waals surface area contributed by atoms with Crippen LogP contribution in [-0.2, 0) is 46.3 Å². The Morgan fingerprint density at radius 2 is 1.66 bits per heavy atom. The van der Waals surface area contributed by atoms with Crippen LogP contribution >= 0.6 is 11.3 Å². The zero-order valence-corrected chi connectivity index (χ0v) is 41.9. The standard InChI is InChI=1S/C53H78N4O10S/c1-6-9-45-48-39(28-40-29-41(59)15-16-43(40)44(48)17-18-53(45,5)19-20-58)10-7-8-21-64-22-23-65-24-25-66-26-27-67-33-47(61)56-49(35(2)3)52(63)57-32-42(60)30-46(57)51(62)54-31-37-11-13-38(14-12-37)50-36(4)55-34-68-50/h11-16,29,34-35,39,42,44-46,48-49,58-60H,6-10,17-28,30-33H2,1-5H3,(H,54,62)(H,56,61)/t39-,42-,44-,45+,46+,48-,49+,53-/m1/s1. The van der Waals surface area contributed by atoms with Crippen LogP contribution in [0.2, 0.25) is 0 Å². The number of hydrogen-bond acceptors (Lipinski definition) is 12. The van der Waals surface area contributed by atoms with Crippen molar-refractivity contribution >= 4 is 29.1 Å². The van der Waals surface area contributed by atoms with Gasteiger partial charge in [-0.05, 0) is 121 Å².